The molecular weight excluding hydrogens is 428 g/mol. The number of hydrogen-bond donors (Lipinski definition) is 1. The first-order valence-corrected chi connectivity index (χ1v) is 10.7. The van der Waals surface area contributed by atoms with Crippen LogP contribution in [0.25, 0.3) is 0 Å². The van der Waals surface area contributed by atoms with Crippen LogP contribution in [-0.4, -0.2) is 41.5 Å². The van der Waals surface area contributed by atoms with Gasteiger partial charge in [-0.3, -0.25) is 19.4 Å². The average molecular weight is 449 g/mol. The predicted octanol–water partition coefficient (Wildman–Crippen LogP) is 3.76. The molecular formula is C20H21BrN2O3S. The standard InChI is InChI=1S/C20H21BrN2O3S/c21-18-9-8-17(27-18)16(24)12-20(26)14-6-2-3-7-15(14)23(19(20)25)13-22-10-4-1-5-11-22/h2-3,6-9,26H,1,4-5,10-13H2/t20-/m1/s1. The lowest BCUT2D eigenvalue weighted by atomic mass is 9.89. The van der Waals surface area contributed by atoms with Crippen molar-refractivity contribution < 1.29 is 14.7 Å². The summed E-state index contributed by atoms with van der Waals surface area (Å²) in [5.74, 6) is -0.630. The van der Waals surface area contributed by atoms with Gasteiger partial charge in [0, 0.05) is 5.56 Å². The predicted molar refractivity (Wildman–Crippen MR) is 109 cm³/mol. The van der Waals surface area contributed by atoms with E-state index in [4.69, 9.17) is 0 Å². The van der Waals surface area contributed by atoms with Crippen LogP contribution in [0.3, 0.4) is 0 Å². The number of rotatable bonds is 5. The summed E-state index contributed by atoms with van der Waals surface area (Å²) in [7, 11) is 0. The Labute approximate surface area is 170 Å². The van der Waals surface area contributed by atoms with Crippen LogP contribution in [0.15, 0.2) is 40.2 Å². The number of fused-ring (bicyclic) bond motifs is 1. The van der Waals surface area contributed by atoms with Gasteiger partial charge in [-0.15, -0.1) is 11.3 Å². The maximum atomic E-state index is 13.2. The second-order valence-corrected chi connectivity index (χ2v) is 9.60. The normalized spacial score (nSPS) is 22.9. The molecule has 0 bridgehead atoms. The molecule has 2 aliphatic rings. The van der Waals surface area contributed by atoms with Gasteiger partial charge in [-0.2, -0.15) is 0 Å². The third kappa shape index (κ3) is 3.49. The zero-order valence-corrected chi connectivity index (χ0v) is 17.3. The minimum absolute atomic E-state index is 0.226. The van der Waals surface area contributed by atoms with Crippen molar-refractivity contribution in [1.29, 1.82) is 0 Å². The number of anilines is 1. The van der Waals surface area contributed by atoms with Gasteiger partial charge in [0.1, 0.15) is 0 Å². The Kier molecular flexibility index (Phi) is 5.20. The third-order valence-electron chi connectivity index (χ3n) is 5.29. The molecule has 1 aromatic heterocycles. The molecule has 1 fully saturated rings. The van der Waals surface area contributed by atoms with E-state index in [1.165, 1.54) is 17.8 Å². The summed E-state index contributed by atoms with van der Waals surface area (Å²) in [5, 5.41) is 11.3. The zero-order valence-electron chi connectivity index (χ0n) is 14.9. The molecule has 0 spiro atoms. The van der Waals surface area contributed by atoms with Crippen LogP contribution in [0.1, 0.15) is 40.9 Å². The van der Waals surface area contributed by atoms with Gasteiger partial charge in [-0.05, 0) is 60.1 Å². The van der Waals surface area contributed by atoms with Gasteiger partial charge in [0.15, 0.2) is 11.4 Å². The topological polar surface area (TPSA) is 60.9 Å². The molecule has 0 radical (unpaired) electrons. The molecule has 2 aliphatic heterocycles. The lowest BCUT2D eigenvalue weighted by Crippen LogP contribution is -2.47. The number of halogens is 1. The first-order valence-electron chi connectivity index (χ1n) is 9.14. The lowest BCUT2D eigenvalue weighted by molar-refractivity contribution is -0.136. The largest absolute Gasteiger partial charge is 0.375 e. The molecule has 7 heteroatoms. The fourth-order valence-corrected chi connectivity index (χ4v) is 5.23. The number of thiophene rings is 1. The number of Topliss-reactive ketones (excluding diaryl/α,β-unsaturated/α-hetero) is 1. The van der Waals surface area contributed by atoms with Crippen LogP contribution in [0.5, 0.6) is 0 Å². The Hall–Kier alpha value is -1.54. The van der Waals surface area contributed by atoms with E-state index in [-0.39, 0.29) is 12.2 Å². The summed E-state index contributed by atoms with van der Waals surface area (Å²) in [5.41, 5.74) is -0.577. The van der Waals surface area contributed by atoms with Gasteiger partial charge in [0.2, 0.25) is 0 Å². The molecule has 1 saturated heterocycles. The summed E-state index contributed by atoms with van der Waals surface area (Å²) >= 11 is 4.66. The average Bonchev–Trinajstić information content (AvgIpc) is 3.20. The van der Waals surface area contributed by atoms with Crippen molar-refractivity contribution in [3.8, 4) is 0 Å². The summed E-state index contributed by atoms with van der Waals surface area (Å²) in [6.45, 7) is 2.36. The molecule has 5 nitrogen and oxygen atoms in total. The first kappa shape index (κ1) is 18.8. The van der Waals surface area contributed by atoms with E-state index in [1.807, 2.05) is 12.1 Å². The van der Waals surface area contributed by atoms with Gasteiger partial charge in [-0.25, -0.2) is 0 Å². The molecule has 2 aromatic rings. The number of benzene rings is 1. The summed E-state index contributed by atoms with van der Waals surface area (Å²) in [6, 6.07) is 10.8. The van der Waals surface area contributed by atoms with Gasteiger partial charge < -0.3 is 5.11 Å². The second kappa shape index (κ2) is 7.47. The molecule has 1 atom stereocenters. The molecule has 4 rings (SSSR count). The number of aliphatic hydroxyl groups is 1. The Bertz CT molecular complexity index is 878. The highest BCUT2D eigenvalue weighted by molar-refractivity contribution is 9.11. The molecule has 0 saturated carbocycles. The minimum Gasteiger partial charge on any atom is -0.375 e. The van der Waals surface area contributed by atoms with Gasteiger partial charge in [0.25, 0.3) is 5.91 Å². The maximum absolute atomic E-state index is 13.2. The highest BCUT2D eigenvalue weighted by atomic mass is 79.9. The molecule has 1 aromatic carbocycles. The fourth-order valence-electron chi connectivity index (χ4n) is 3.90. The highest BCUT2D eigenvalue weighted by Gasteiger charge is 2.51. The Morgan fingerprint density at radius 2 is 1.89 bits per heavy atom. The van der Waals surface area contributed by atoms with E-state index in [9.17, 15) is 14.7 Å². The molecule has 142 valence electrons. The van der Waals surface area contributed by atoms with Gasteiger partial charge >= 0.3 is 0 Å². The summed E-state index contributed by atoms with van der Waals surface area (Å²) < 4.78 is 0.850. The smallest absolute Gasteiger partial charge is 0.265 e. The van der Waals surface area contributed by atoms with Crippen LogP contribution in [0, 0.1) is 0 Å². The van der Waals surface area contributed by atoms with Crippen LogP contribution >= 0.6 is 27.3 Å². The Morgan fingerprint density at radius 3 is 2.59 bits per heavy atom. The number of likely N-dealkylation sites (tertiary alicyclic amines) is 1. The monoisotopic (exact) mass is 448 g/mol. The number of ketones is 1. The number of hydrogen-bond acceptors (Lipinski definition) is 5. The van der Waals surface area contributed by atoms with Crippen molar-refractivity contribution in [2.45, 2.75) is 31.3 Å². The minimum atomic E-state index is -1.81. The van der Waals surface area contributed by atoms with Crippen molar-refractivity contribution >= 4 is 44.6 Å². The maximum Gasteiger partial charge on any atom is 0.265 e. The fraction of sp³-hybridized carbons (Fsp3) is 0.400. The highest BCUT2D eigenvalue weighted by Crippen LogP contribution is 2.43. The Balaban J connectivity index is 1.62. The van der Waals surface area contributed by atoms with Crippen LogP contribution < -0.4 is 4.90 Å². The Morgan fingerprint density at radius 1 is 1.15 bits per heavy atom. The quantitative estimate of drug-likeness (QED) is 0.707. The number of carbonyl (C=O) groups excluding carboxylic acids is 2. The van der Waals surface area contributed by atoms with E-state index in [1.54, 1.807) is 29.2 Å². The van der Waals surface area contributed by atoms with Crippen molar-refractivity contribution in [3.05, 3.63) is 50.6 Å². The number of para-hydroxylation sites is 1. The SMILES string of the molecule is O=C(C[C@]1(O)C(=O)N(CN2CCCCC2)c2ccccc21)c1ccc(Br)s1. The lowest BCUT2D eigenvalue weighted by Gasteiger charge is -2.31. The first-order chi connectivity index (χ1) is 13.0. The van der Waals surface area contributed by atoms with Crippen LogP contribution in [0.4, 0.5) is 5.69 Å². The molecule has 3 heterocycles. The van der Waals surface area contributed by atoms with Gasteiger partial charge in [-0.1, -0.05) is 24.6 Å². The van der Waals surface area contributed by atoms with Crippen molar-refractivity contribution in [2.75, 3.05) is 24.7 Å². The van der Waals surface area contributed by atoms with E-state index < -0.39 is 11.5 Å². The van der Waals surface area contributed by atoms with Crippen molar-refractivity contribution in [1.82, 2.24) is 4.90 Å². The molecule has 0 unspecified atom stereocenters. The molecule has 27 heavy (non-hydrogen) atoms. The third-order valence-corrected chi connectivity index (χ3v) is 6.96. The molecule has 1 N–H and O–H groups in total. The molecule has 1 amide bonds. The van der Waals surface area contributed by atoms with Gasteiger partial charge in [0.05, 0.1) is 27.4 Å². The number of carbonyl (C=O) groups is 2. The van der Waals surface area contributed by atoms with E-state index in [0.29, 0.717) is 22.8 Å². The van der Waals surface area contributed by atoms with E-state index in [0.717, 1.165) is 29.7 Å². The van der Waals surface area contributed by atoms with E-state index >= 15 is 0 Å². The van der Waals surface area contributed by atoms with Crippen molar-refractivity contribution in [2.24, 2.45) is 0 Å². The number of piperidine rings is 1. The van der Waals surface area contributed by atoms with E-state index in [2.05, 4.69) is 20.8 Å². The number of amides is 1. The summed E-state index contributed by atoms with van der Waals surface area (Å²) in [6.07, 6.45) is 3.22. The van der Waals surface area contributed by atoms with Crippen LogP contribution in [0.2, 0.25) is 0 Å². The second-order valence-electron chi connectivity index (χ2n) is 7.13. The summed E-state index contributed by atoms with van der Waals surface area (Å²) in [4.78, 5) is 30.4. The molecule has 0 aliphatic carbocycles. The van der Waals surface area contributed by atoms with Crippen LogP contribution in [-0.2, 0) is 10.4 Å². The number of nitrogens with zero attached hydrogens (tertiary/aromatic N) is 2. The zero-order chi connectivity index (χ0) is 19.0. The van der Waals surface area contributed by atoms with Crippen molar-refractivity contribution in [3.63, 3.8) is 0 Å².